The lowest BCUT2D eigenvalue weighted by molar-refractivity contribution is -0.0791. The number of thiol groups is 1. The molecule has 0 radical (unpaired) electrons. The van der Waals surface area contributed by atoms with Gasteiger partial charge in [0.25, 0.3) is 0 Å². The number of anilines is 1. The fourth-order valence-electron chi connectivity index (χ4n) is 3.36. The summed E-state index contributed by atoms with van der Waals surface area (Å²) in [7, 11) is 1.55. The van der Waals surface area contributed by atoms with Crippen LogP contribution in [0.4, 0.5) is 5.82 Å². The lowest BCUT2D eigenvalue weighted by Gasteiger charge is -2.28. The molecule has 1 aromatic rings. The number of nitrogens with zero attached hydrogens (tertiary/aromatic N) is 2. The van der Waals surface area contributed by atoms with Crippen LogP contribution in [0.3, 0.4) is 0 Å². The van der Waals surface area contributed by atoms with Gasteiger partial charge in [-0.1, -0.05) is 26.1 Å². The number of hydrogen-bond donors (Lipinski definition) is 2. The van der Waals surface area contributed by atoms with E-state index in [2.05, 4.69) is 17.2 Å². The molecule has 31 heavy (non-hydrogen) atoms. The summed E-state index contributed by atoms with van der Waals surface area (Å²) in [6, 6.07) is 0. The third-order valence-corrected chi connectivity index (χ3v) is 6.40. The highest BCUT2D eigenvalue weighted by Gasteiger charge is 2.50. The van der Waals surface area contributed by atoms with E-state index >= 15 is 0 Å². The summed E-state index contributed by atoms with van der Waals surface area (Å²) in [6.45, 7) is 6.08. The highest BCUT2D eigenvalue weighted by molar-refractivity contribution is 8.44. The van der Waals surface area contributed by atoms with Crippen LogP contribution in [0.1, 0.15) is 45.9 Å². The summed E-state index contributed by atoms with van der Waals surface area (Å²) >= 11 is 4.13. The van der Waals surface area contributed by atoms with Crippen molar-refractivity contribution in [3.63, 3.8) is 0 Å². The fraction of sp³-hybridized carbons (Fsp3) is 0.789. The van der Waals surface area contributed by atoms with E-state index < -0.39 is 37.0 Å². The van der Waals surface area contributed by atoms with Crippen LogP contribution in [-0.4, -0.2) is 54.3 Å². The number of nitrogens with two attached hydrogens (primary N) is 1. The van der Waals surface area contributed by atoms with Crippen molar-refractivity contribution in [2.75, 3.05) is 26.1 Å². The van der Waals surface area contributed by atoms with Gasteiger partial charge >= 0.3 is 12.5 Å². The standard InChI is InChI=1S/C19H34N3O7PS/c1-11(2)9-14-15(29-30(24,31)28-12(3)4)16(26-8-7-25-6)18(27-14)22-10-13(5)17(20)21-19(22)23/h10-12,14-16,18H,7-9H2,1-6H3,(H,24,31)(H2,20,21,23)/t14-,15+,16?,18-,30?/m1/s1. The summed E-state index contributed by atoms with van der Waals surface area (Å²) in [5, 5.41) is 0. The van der Waals surface area contributed by atoms with Crippen LogP contribution in [0.15, 0.2) is 11.0 Å². The van der Waals surface area contributed by atoms with Crippen molar-refractivity contribution in [3.05, 3.63) is 22.2 Å². The molecule has 12 heteroatoms. The van der Waals surface area contributed by atoms with Crippen molar-refractivity contribution in [3.8, 4) is 0 Å². The van der Waals surface area contributed by atoms with Gasteiger partial charge in [-0.05, 0) is 33.1 Å². The Morgan fingerprint density at radius 3 is 2.55 bits per heavy atom. The molecule has 2 unspecified atom stereocenters. The van der Waals surface area contributed by atoms with Crippen molar-refractivity contribution in [1.29, 1.82) is 0 Å². The molecule has 1 fully saturated rings. The van der Waals surface area contributed by atoms with Gasteiger partial charge in [0.1, 0.15) is 18.0 Å². The molecule has 0 saturated carbocycles. The number of aryl methyl sites for hydroxylation is 1. The van der Waals surface area contributed by atoms with Gasteiger partial charge in [-0.25, -0.2) is 9.36 Å². The third-order valence-electron chi connectivity index (χ3n) is 4.63. The van der Waals surface area contributed by atoms with Crippen molar-refractivity contribution < 1.29 is 27.8 Å². The smallest absolute Gasteiger partial charge is 0.383 e. The normalized spacial score (nSPS) is 26.0. The first-order chi connectivity index (χ1) is 14.4. The Kier molecular flexibility index (Phi) is 9.57. The summed E-state index contributed by atoms with van der Waals surface area (Å²) in [6.07, 6.45) is -1.16. The monoisotopic (exact) mass is 479 g/mol. The number of ether oxygens (including phenoxy) is 3. The predicted molar refractivity (Wildman–Crippen MR) is 120 cm³/mol. The van der Waals surface area contributed by atoms with E-state index in [9.17, 15) is 9.36 Å². The maximum Gasteiger partial charge on any atom is 0.386 e. The van der Waals surface area contributed by atoms with Crippen LogP contribution >= 0.6 is 19.0 Å². The molecule has 2 heterocycles. The molecule has 2 rings (SSSR count). The molecular weight excluding hydrogens is 445 g/mol. The van der Waals surface area contributed by atoms with Crippen molar-refractivity contribution in [2.24, 2.45) is 5.92 Å². The summed E-state index contributed by atoms with van der Waals surface area (Å²) in [5.74, 6) is 0.385. The second kappa shape index (κ2) is 11.3. The number of rotatable bonds is 11. The zero-order valence-corrected chi connectivity index (χ0v) is 20.7. The van der Waals surface area contributed by atoms with Crippen molar-refractivity contribution in [2.45, 2.75) is 71.7 Å². The highest BCUT2D eigenvalue weighted by Crippen LogP contribution is 2.57. The van der Waals surface area contributed by atoms with Gasteiger partial charge in [0, 0.05) is 18.9 Å². The molecule has 0 aliphatic carbocycles. The molecule has 0 amide bonds. The van der Waals surface area contributed by atoms with Gasteiger partial charge in [0.05, 0.1) is 25.4 Å². The molecule has 2 N–H and O–H groups in total. The van der Waals surface area contributed by atoms with Gasteiger partial charge in [0.2, 0.25) is 0 Å². The topological polar surface area (TPSA) is 124 Å². The van der Waals surface area contributed by atoms with E-state index in [1.54, 1.807) is 34.1 Å². The fourth-order valence-corrected chi connectivity index (χ4v) is 5.40. The van der Waals surface area contributed by atoms with Gasteiger partial charge < -0.3 is 19.9 Å². The Hall–Kier alpha value is -0.940. The number of nitrogen functional groups attached to an aromatic ring is 1. The Morgan fingerprint density at radius 2 is 1.97 bits per heavy atom. The number of hydrogen-bond acceptors (Lipinski definition) is 9. The molecule has 0 spiro atoms. The van der Waals surface area contributed by atoms with E-state index in [-0.39, 0.29) is 24.4 Å². The van der Waals surface area contributed by atoms with Crippen molar-refractivity contribution >= 4 is 24.9 Å². The van der Waals surface area contributed by atoms with Crippen LogP contribution in [0.5, 0.6) is 0 Å². The molecular formula is C19H34N3O7PS. The number of aromatic nitrogens is 2. The maximum atomic E-state index is 12.9. The van der Waals surface area contributed by atoms with Crippen LogP contribution in [0.25, 0.3) is 0 Å². The minimum absolute atomic E-state index is 0.146. The SMILES string of the molecule is COCCOC1[C@@H](OP(=O)(S)OC(C)C)[C@@H](CC(C)C)O[C@H]1n1cc(C)c(N)nc1=O. The molecule has 1 aliphatic heterocycles. The first-order valence-corrected chi connectivity index (χ1v) is 13.0. The Balaban J connectivity index is 2.45. The lowest BCUT2D eigenvalue weighted by atomic mass is 10.0. The molecule has 0 bridgehead atoms. The predicted octanol–water partition coefficient (Wildman–Crippen LogP) is 2.96. The quantitative estimate of drug-likeness (QED) is 0.280. The molecule has 0 aromatic carbocycles. The van der Waals surface area contributed by atoms with E-state index in [4.69, 9.17) is 29.0 Å². The average Bonchev–Trinajstić information content (AvgIpc) is 2.93. The molecule has 178 valence electrons. The first kappa shape index (κ1) is 26.3. The Labute approximate surface area is 188 Å². The van der Waals surface area contributed by atoms with Crippen LogP contribution in [0, 0.1) is 12.8 Å². The van der Waals surface area contributed by atoms with Crippen LogP contribution in [0.2, 0.25) is 0 Å². The summed E-state index contributed by atoms with van der Waals surface area (Å²) in [4.78, 5) is 16.5. The first-order valence-electron chi connectivity index (χ1n) is 10.3. The average molecular weight is 480 g/mol. The summed E-state index contributed by atoms with van der Waals surface area (Å²) < 4.78 is 42.8. The lowest BCUT2D eigenvalue weighted by Crippen LogP contribution is -2.39. The largest absolute Gasteiger partial charge is 0.386 e. The molecule has 1 aromatic heterocycles. The van der Waals surface area contributed by atoms with E-state index in [0.717, 1.165) is 0 Å². The Bertz CT molecular complexity index is 835. The van der Waals surface area contributed by atoms with E-state index in [0.29, 0.717) is 18.6 Å². The number of methoxy groups -OCH3 is 1. The van der Waals surface area contributed by atoms with Gasteiger partial charge in [-0.15, -0.1) is 0 Å². The van der Waals surface area contributed by atoms with Crippen LogP contribution < -0.4 is 11.4 Å². The van der Waals surface area contributed by atoms with Gasteiger partial charge in [0.15, 0.2) is 6.23 Å². The van der Waals surface area contributed by atoms with E-state index in [1.807, 2.05) is 13.8 Å². The second-order valence-corrected chi connectivity index (χ2v) is 11.0. The summed E-state index contributed by atoms with van der Waals surface area (Å²) in [5.41, 5.74) is 5.81. The maximum absolute atomic E-state index is 12.9. The highest BCUT2D eigenvalue weighted by atomic mass is 32.7. The second-order valence-electron chi connectivity index (χ2n) is 8.21. The van der Waals surface area contributed by atoms with Gasteiger partial charge in [-0.3, -0.25) is 13.6 Å². The minimum atomic E-state index is -3.72. The third kappa shape index (κ3) is 7.28. The van der Waals surface area contributed by atoms with Crippen LogP contribution in [-0.2, 0) is 27.8 Å². The zero-order valence-electron chi connectivity index (χ0n) is 18.9. The zero-order chi connectivity index (χ0) is 23.3. The van der Waals surface area contributed by atoms with Crippen molar-refractivity contribution in [1.82, 2.24) is 9.55 Å². The Morgan fingerprint density at radius 1 is 1.29 bits per heavy atom. The minimum Gasteiger partial charge on any atom is -0.383 e. The van der Waals surface area contributed by atoms with E-state index in [1.165, 1.54) is 4.57 Å². The van der Waals surface area contributed by atoms with Gasteiger partial charge in [-0.2, -0.15) is 4.98 Å². The molecule has 1 saturated heterocycles. The molecule has 5 atom stereocenters. The molecule has 10 nitrogen and oxygen atoms in total. The molecule has 1 aliphatic rings.